The van der Waals surface area contributed by atoms with Crippen LogP contribution in [-0.4, -0.2) is 68.6 Å². The molecular weight excluding hydrogens is 534 g/mol. The Morgan fingerprint density at radius 3 is 2.56 bits per heavy atom. The van der Waals surface area contributed by atoms with E-state index in [1.165, 1.54) is 12.1 Å². The molecule has 0 bridgehead atoms. The van der Waals surface area contributed by atoms with E-state index in [-0.39, 0.29) is 35.7 Å². The monoisotopic (exact) mass is 572 g/mol. The van der Waals surface area contributed by atoms with Gasteiger partial charge in [-0.3, -0.25) is 19.3 Å². The van der Waals surface area contributed by atoms with Gasteiger partial charge in [-0.25, -0.2) is 0 Å². The van der Waals surface area contributed by atoms with Crippen LogP contribution in [0.25, 0.3) is 0 Å². The second kappa shape index (κ2) is 14.2. The molecule has 2 aliphatic heterocycles. The lowest BCUT2D eigenvalue weighted by atomic mass is 9.73. The van der Waals surface area contributed by atoms with Crippen LogP contribution in [0.15, 0.2) is 42.5 Å². The number of hydrogen-bond acceptors (Lipinski definition) is 6. The Balaban J connectivity index is 1.34. The molecule has 11 heteroatoms. The maximum absolute atomic E-state index is 13.4. The number of benzene rings is 2. The van der Waals surface area contributed by atoms with Crippen LogP contribution >= 0.6 is 0 Å². The zero-order valence-corrected chi connectivity index (χ0v) is 23.3. The number of likely N-dealkylation sites (tertiary alicyclic amines) is 1. The highest BCUT2D eigenvalue weighted by atomic mass is 19.3. The minimum atomic E-state index is -2.99. The van der Waals surface area contributed by atoms with Crippen molar-refractivity contribution in [3.05, 3.63) is 53.6 Å². The number of ether oxygens (including phenoxy) is 2. The number of amides is 3. The summed E-state index contributed by atoms with van der Waals surface area (Å²) in [5.74, 6) is -0.0253. The molecule has 2 aliphatic rings. The normalized spacial score (nSPS) is 18.7. The van der Waals surface area contributed by atoms with Gasteiger partial charge in [0.15, 0.2) is 0 Å². The summed E-state index contributed by atoms with van der Waals surface area (Å²) in [6.07, 6.45) is 3.95. The van der Waals surface area contributed by atoms with Crippen molar-refractivity contribution in [3.8, 4) is 11.5 Å². The molecule has 1 fully saturated rings. The number of nitrogens with zero attached hydrogens (tertiary/aromatic N) is 1. The van der Waals surface area contributed by atoms with Crippen molar-refractivity contribution in [2.24, 2.45) is 5.41 Å². The van der Waals surface area contributed by atoms with E-state index in [9.17, 15) is 23.2 Å². The van der Waals surface area contributed by atoms with Crippen molar-refractivity contribution in [3.63, 3.8) is 0 Å². The molecule has 2 aromatic carbocycles. The Kier molecular flexibility index (Phi) is 10.5. The van der Waals surface area contributed by atoms with E-state index < -0.39 is 12.0 Å². The molecule has 0 aliphatic carbocycles. The fraction of sp³-hybridized carbons (Fsp3) is 0.500. The first-order valence-electron chi connectivity index (χ1n) is 14.1. The fourth-order valence-electron chi connectivity index (χ4n) is 5.44. The van der Waals surface area contributed by atoms with Crippen molar-refractivity contribution < 1.29 is 32.6 Å². The Bertz CT molecular complexity index is 1220. The number of para-hydroxylation sites is 3. The summed E-state index contributed by atoms with van der Waals surface area (Å²) < 4.78 is 35.9. The Labute approximate surface area is 238 Å². The van der Waals surface area contributed by atoms with Crippen molar-refractivity contribution >= 4 is 23.4 Å². The molecule has 0 radical (unpaired) electrons. The van der Waals surface area contributed by atoms with E-state index in [2.05, 4.69) is 20.7 Å². The highest BCUT2D eigenvalue weighted by Gasteiger charge is 2.41. The van der Waals surface area contributed by atoms with Gasteiger partial charge in [-0.1, -0.05) is 30.7 Å². The third kappa shape index (κ3) is 8.16. The fourth-order valence-corrected chi connectivity index (χ4v) is 5.44. The number of hydrogen-bond donors (Lipinski definition) is 3. The van der Waals surface area contributed by atoms with Crippen LogP contribution in [-0.2, 0) is 9.59 Å². The van der Waals surface area contributed by atoms with E-state index in [1.807, 2.05) is 24.0 Å². The van der Waals surface area contributed by atoms with Crippen LogP contribution in [0.2, 0.25) is 0 Å². The molecule has 1 spiro atoms. The van der Waals surface area contributed by atoms with E-state index in [1.54, 1.807) is 18.2 Å². The van der Waals surface area contributed by atoms with Gasteiger partial charge in [-0.15, -0.1) is 0 Å². The molecule has 2 aromatic rings. The molecule has 0 saturated carbocycles. The lowest BCUT2D eigenvalue weighted by molar-refractivity contribution is -0.134. The summed E-state index contributed by atoms with van der Waals surface area (Å²) in [4.78, 5) is 40.9. The number of carbonyl (C=O) groups excluding carboxylic acids is 3. The number of rotatable bonds is 5. The number of piperidine rings is 1. The first-order valence-corrected chi connectivity index (χ1v) is 14.1. The predicted molar refractivity (Wildman–Crippen MR) is 150 cm³/mol. The standard InChI is InChI=1S/C30H38F2N4O5/c1-21-8-6-9-22-26(21)40-19-7-16-34-28(39)30(12-4-5-15-33-27(22)38)13-17-36(18-14-30)20-25(37)35-23-10-2-3-11-24(23)41-29(31)32/h2-3,6,8-11,29H,4-5,7,12-20H2,1H3,(H,33,38)(H,34,39)(H,35,37). The predicted octanol–water partition coefficient (Wildman–Crippen LogP) is 4.12. The molecule has 0 atom stereocenters. The summed E-state index contributed by atoms with van der Waals surface area (Å²) in [7, 11) is 0. The number of anilines is 1. The van der Waals surface area contributed by atoms with Crippen LogP contribution in [0.1, 0.15) is 54.4 Å². The quantitative estimate of drug-likeness (QED) is 0.498. The number of halogens is 2. The first kappa shape index (κ1) is 30.2. The lowest BCUT2D eigenvalue weighted by Crippen LogP contribution is -2.50. The maximum atomic E-state index is 13.4. The Morgan fingerprint density at radius 1 is 1.02 bits per heavy atom. The molecule has 1 saturated heterocycles. The first-order chi connectivity index (χ1) is 19.8. The van der Waals surface area contributed by atoms with Crippen LogP contribution < -0.4 is 25.4 Å². The van der Waals surface area contributed by atoms with Gasteiger partial charge in [0.25, 0.3) is 5.91 Å². The Morgan fingerprint density at radius 2 is 1.78 bits per heavy atom. The van der Waals surface area contributed by atoms with Crippen molar-refractivity contribution in [1.82, 2.24) is 15.5 Å². The van der Waals surface area contributed by atoms with Gasteiger partial charge in [0.2, 0.25) is 11.8 Å². The molecule has 0 unspecified atom stereocenters. The van der Waals surface area contributed by atoms with Crippen LogP contribution in [0.5, 0.6) is 11.5 Å². The second-order valence-electron chi connectivity index (χ2n) is 10.6. The van der Waals surface area contributed by atoms with Crippen LogP contribution in [0, 0.1) is 12.3 Å². The molecule has 2 heterocycles. The van der Waals surface area contributed by atoms with Crippen molar-refractivity contribution in [2.75, 3.05) is 44.6 Å². The van der Waals surface area contributed by atoms with Gasteiger partial charge in [0.05, 0.1) is 29.8 Å². The second-order valence-corrected chi connectivity index (χ2v) is 10.6. The molecule has 9 nitrogen and oxygen atoms in total. The maximum Gasteiger partial charge on any atom is 0.387 e. The Hall–Kier alpha value is -3.73. The number of nitrogens with one attached hydrogen (secondary N) is 3. The molecule has 41 heavy (non-hydrogen) atoms. The summed E-state index contributed by atoms with van der Waals surface area (Å²) in [6.45, 7) is 1.40. The summed E-state index contributed by atoms with van der Waals surface area (Å²) in [6, 6.07) is 11.6. The van der Waals surface area contributed by atoms with Crippen LogP contribution in [0.4, 0.5) is 14.5 Å². The molecule has 222 valence electrons. The highest BCUT2D eigenvalue weighted by Crippen LogP contribution is 2.37. The van der Waals surface area contributed by atoms with Gasteiger partial charge in [0.1, 0.15) is 11.5 Å². The minimum Gasteiger partial charge on any atom is -0.492 e. The molecular formula is C30H38F2N4O5. The zero-order chi connectivity index (χ0) is 29.2. The van der Waals surface area contributed by atoms with Gasteiger partial charge in [0, 0.05) is 13.1 Å². The summed E-state index contributed by atoms with van der Waals surface area (Å²) >= 11 is 0. The SMILES string of the molecule is Cc1cccc2c1OCCCNC(=O)C1(CCCCNC2=O)CCN(CC(=O)Nc2ccccc2OC(F)F)CC1. The van der Waals surface area contributed by atoms with Crippen LogP contribution in [0.3, 0.4) is 0 Å². The number of alkyl halides is 2. The van der Waals surface area contributed by atoms with Crippen molar-refractivity contribution in [2.45, 2.75) is 52.1 Å². The number of carbonyl (C=O) groups is 3. The average Bonchev–Trinajstić information content (AvgIpc) is 2.94. The third-order valence-electron chi connectivity index (χ3n) is 7.72. The van der Waals surface area contributed by atoms with Crippen molar-refractivity contribution in [1.29, 1.82) is 0 Å². The molecule has 4 rings (SSSR count). The van der Waals surface area contributed by atoms with Gasteiger partial charge in [-0.2, -0.15) is 8.78 Å². The number of aryl methyl sites for hydroxylation is 1. The van der Waals surface area contributed by atoms with E-state index in [4.69, 9.17) is 4.74 Å². The highest BCUT2D eigenvalue weighted by molar-refractivity contribution is 5.97. The smallest absolute Gasteiger partial charge is 0.387 e. The largest absolute Gasteiger partial charge is 0.492 e. The molecule has 3 amide bonds. The van der Waals surface area contributed by atoms with Gasteiger partial charge < -0.3 is 25.4 Å². The molecule has 0 aromatic heterocycles. The average molecular weight is 573 g/mol. The van der Waals surface area contributed by atoms with E-state index >= 15 is 0 Å². The van der Waals surface area contributed by atoms with Gasteiger partial charge >= 0.3 is 6.61 Å². The lowest BCUT2D eigenvalue weighted by Gasteiger charge is -2.40. The van der Waals surface area contributed by atoms with E-state index in [0.717, 1.165) is 18.4 Å². The van der Waals surface area contributed by atoms with Gasteiger partial charge in [-0.05, 0) is 75.9 Å². The van der Waals surface area contributed by atoms with E-state index in [0.29, 0.717) is 69.8 Å². The summed E-state index contributed by atoms with van der Waals surface area (Å²) in [5, 5.41) is 8.73. The number of fused-ring (bicyclic) bond motifs is 1. The molecule has 3 N–H and O–H groups in total. The zero-order valence-electron chi connectivity index (χ0n) is 23.3. The minimum absolute atomic E-state index is 0.00941. The topological polar surface area (TPSA) is 109 Å². The summed E-state index contributed by atoms with van der Waals surface area (Å²) in [5.41, 5.74) is 1.02. The third-order valence-corrected chi connectivity index (χ3v) is 7.72.